The smallest absolute Gasteiger partial charge is 0.323 e. The van der Waals surface area contributed by atoms with Crippen LogP contribution in [0.2, 0.25) is 0 Å². The Morgan fingerprint density at radius 1 is 1.03 bits per heavy atom. The van der Waals surface area contributed by atoms with Crippen LogP contribution in [0.15, 0.2) is 83.7 Å². The van der Waals surface area contributed by atoms with Gasteiger partial charge in [-0.3, -0.25) is 4.79 Å². The molecule has 1 unspecified atom stereocenters. The van der Waals surface area contributed by atoms with Gasteiger partial charge in [0.05, 0.1) is 11.9 Å². The second-order valence-electron chi connectivity index (χ2n) is 7.52. The molecule has 0 fully saturated rings. The van der Waals surface area contributed by atoms with Gasteiger partial charge in [0.15, 0.2) is 0 Å². The lowest BCUT2D eigenvalue weighted by atomic mass is 10.1. The summed E-state index contributed by atoms with van der Waals surface area (Å²) in [5.41, 5.74) is 4.38. The molecule has 0 saturated carbocycles. The van der Waals surface area contributed by atoms with Gasteiger partial charge in [0.2, 0.25) is 0 Å². The van der Waals surface area contributed by atoms with Crippen LogP contribution < -0.4 is 16.0 Å². The van der Waals surface area contributed by atoms with E-state index in [2.05, 4.69) is 39.5 Å². The summed E-state index contributed by atoms with van der Waals surface area (Å²) in [5, 5.41) is 14.4. The van der Waals surface area contributed by atoms with Crippen LogP contribution in [0.5, 0.6) is 0 Å². The predicted molar refractivity (Wildman–Crippen MR) is 125 cm³/mol. The third kappa shape index (κ3) is 6.20. The quantitative estimate of drug-likeness (QED) is 0.417. The van der Waals surface area contributed by atoms with E-state index in [1.54, 1.807) is 11.3 Å². The lowest BCUT2D eigenvalue weighted by Gasteiger charge is -2.20. The van der Waals surface area contributed by atoms with Crippen molar-refractivity contribution >= 4 is 23.0 Å². The first-order valence-electron chi connectivity index (χ1n) is 10.5. The summed E-state index contributed by atoms with van der Waals surface area (Å²) in [6.45, 7) is 0.934. The fourth-order valence-corrected chi connectivity index (χ4v) is 4.16. The van der Waals surface area contributed by atoms with Crippen LogP contribution in [0, 0.1) is 0 Å². The van der Waals surface area contributed by atoms with Crippen molar-refractivity contribution in [2.24, 2.45) is 0 Å². The van der Waals surface area contributed by atoms with Crippen LogP contribution in [0.3, 0.4) is 0 Å². The number of nitrogens with one attached hydrogen (secondary N) is 3. The molecule has 0 amide bonds. The first kappa shape index (κ1) is 21.2. The fourth-order valence-electron chi connectivity index (χ4n) is 3.50. The number of hydrogen-bond acceptors (Lipinski definition) is 6. The molecule has 4 rings (SSSR count). The fraction of sp³-hybridized carbons (Fsp3) is 0.240. The normalized spacial score (nSPS) is 16.1. The molecule has 0 radical (unpaired) electrons. The molecule has 1 aliphatic heterocycles. The Balaban J connectivity index is 1.31. The SMILES string of the molecule is O=C(OCc1ccccc1)[C@H](CCC1NC=C(c2ccccc2)N1)NCc1ccsc1. The molecule has 160 valence electrons. The van der Waals surface area contributed by atoms with Crippen LogP contribution in [0.25, 0.3) is 5.70 Å². The molecule has 3 N–H and O–H groups in total. The highest BCUT2D eigenvalue weighted by atomic mass is 32.1. The lowest BCUT2D eigenvalue weighted by Crippen LogP contribution is -2.40. The maximum absolute atomic E-state index is 12.8. The van der Waals surface area contributed by atoms with Gasteiger partial charge in [0, 0.05) is 12.7 Å². The summed E-state index contributed by atoms with van der Waals surface area (Å²) in [4.78, 5) is 12.8. The Bertz CT molecular complexity index is 975. The van der Waals surface area contributed by atoms with E-state index >= 15 is 0 Å². The predicted octanol–water partition coefficient (Wildman–Crippen LogP) is 4.25. The molecule has 6 heteroatoms. The number of carbonyl (C=O) groups is 1. The summed E-state index contributed by atoms with van der Waals surface area (Å²) in [5.74, 6) is -0.215. The number of benzene rings is 2. The highest BCUT2D eigenvalue weighted by Crippen LogP contribution is 2.17. The van der Waals surface area contributed by atoms with Gasteiger partial charge in [-0.1, -0.05) is 60.7 Å². The minimum atomic E-state index is -0.368. The highest BCUT2D eigenvalue weighted by molar-refractivity contribution is 7.07. The Labute approximate surface area is 187 Å². The van der Waals surface area contributed by atoms with Crippen LogP contribution in [0.1, 0.15) is 29.5 Å². The zero-order valence-electron chi connectivity index (χ0n) is 17.3. The summed E-state index contributed by atoms with van der Waals surface area (Å²) >= 11 is 1.66. The average Bonchev–Trinajstić information content (AvgIpc) is 3.51. The van der Waals surface area contributed by atoms with Crippen molar-refractivity contribution < 1.29 is 9.53 Å². The third-order valence-corrected chi connectivity index (χ3v) is 5.96. The number of esters is 1. The van der Waals surface area contributed by atoms with Gasteiger partial charge < -0.3 is 20.7 Å². The van der Waals surface area contributed by atoms with Crippen LogP contribution >= 0.6 is 11.3 Å². The first-order chi connectivity index (χ1) is 15.3. The second kappa shape index (κ2) is 10.8. The molecule has 3 aromatic rings. The van der Waals surface area contributed by atoms with E-state index in [4.69, 9.17) is 4.74 Å². The molecular formula is C25H27N3O2S. The highest BCUT2D eigenvalue weighted by Gasteiger charge is 2.23. The maximum Gasteiger partial charge on any atom is 0.323 e. The van der Waals surface area contributed by atoms with Crippen molar-refractivity contribution in [3.63, 3.8) is 0 Å². The Hall–Kier alpha value is -3.09. The number of thiophene rings is 1. The van der Waals surface area contributed by atoms with Crippen LogP contribution in [0.4, 0.5) is 0 Å². The van der Waals surface area contributed by atoms with Gasteiger partial charge in [0.25, 0.3) is 0 Å². The molecule has 2 aromatic carbocycles. The minimum absolute atomic E-state index is 0.0857. The lowest BCUT2D eigenvalue weighted by molar-refractivity contribution is -0.147. The van der Waals surface area contributed by atoms with Gasteiger partial charge in [-0.15, -0.1) is 0 Å². The number of rotatable bonds is 10. The van der Waals surface area contributed by atoms with E-state index in [1.165, 1.54) is 5.56 Å². The molecular weight excluding hydrogens is 406 g/mol. The van der Waals surface area contributed by atoms with Gasteiger partial charge in [0.1, 0.15) is 12.6 Å². The molecule has 0 bridgehead atoms. The number of carbonyl (C=O) groups excluding carboxylic acids is 1. The molecule has 1 aliphatic rings. The van der Waals surface area contributed by atoms with Gasteiger partial charge >= 0.3 is 5.97 Å². The second-order valence-corrected chi connectivity index (χ2v) is 8.30. The van der Waals surface area contributed by atoms with E-state index < -0.39 is 0 Å². The Morgan fingerprint density at radius 3 is 2.55 bits per heavy atom. The summed E-state index contributed by atoms with van der Waals surface area (Å²) in [6, 6.07) is 21.7. The summed E-state index contributed by atoms with van der Waals surface area (Å²) < 4.78 is 5.61. The Kier molecular flexibility index (Phi) is 7.37. The van der Waals surface area contributed by atoms with E-state index in [0.29, 0.717) is 13.0 Å². The van der Waals surface area contributed by atoms with Crippen molar-refractivity contribution in [3.8, 4) is 0 Å². The van der Waals surface area contributed by atoms with Crippen LogP contribution in [-0.2, 0) is 22.7 Å². The summed E-state index contributed by atoms with van der Waals surface area (Å²) in [6.07, 6.45) is 3.54. The van der Waals surface area contributed by atoms with Crippen molar-refractivity contribution in [3.05, 3.63) is 100 Å². The monoisotopic (exact) mass is 433 g/mol. The standard InChI is InChI=1S/C25H27N3O2S/c29-25(30-17-19-7-3-1-4-8-19)22(26-15-20-13-14-31-18-20)11-12-24-27-16-23(28-24)21-9-5-2-6-10-21/h1-10,13-14,16,18,22,24,26-28H,11-12,15,17H2/t22-,24?/m0/s1. The molecule has 2 atom stereocenters. The van der Waals surface area contributed by atoms with Crippen molar-refractivity contribution in [2.45, 2.75) is 38.2 Å². The van der Waals surface area contributed by atoms with Gasteiger partial charge in [-0.05, 0) is 46.4 Å². The molecule has 1 aromatic heterocycles. The van der Waals surface area contributed by atoms with Crippen molar-refractivity contribution in [2.75, 3.05) is 0 Å². The molecule has 0 aliphatic carbocycles. The van der Waals surface area contributed by atoms with Crippen molar-refractivity contribution in [1.29, 1.82) is 0 Å². The minimum Gasteiger partial charge on any atom is -0.460 e. The number of ether oxygens (including phenoxy) is 1. The van der Waals surface area contributed by atoms with Gasteiger partial charge in [-0.25, -0.2) is 0 Å². The van der Waals surface area contributed by atoms with E-state index in [-0.39, 0.29) is 24.8 Å². The van der Waals surface area contributed by atoms with Crippen LogP contribution in [-0.4, -0.2) is 18.2 Å². The molecule has 0 saturated heterocycles. The summed E-state index contributed by atoms with van der Waals surface area (Å²) in [7, 11) is 0. The zero-order valence-corrected chi connectivity index (χ0v) is 18.1. The van der Waals surface area contributed by atoms with E-state index in [0.717, 1.165) is 23.2 Å². The Morgan fingerprint density at radius 2 is 1.81 bits per heavy atom. The average molecular weight is 434 g/mol. The van der Waals surface area contributed by atoms with E-state index in [1.807, 2.05) is 60.1 Å². The molecule has 31 heavy (non-hydrogen) atoms. The molecule has 5 nitrogen and oxygen atoms in total. The molecule has 0 spiro atoms. The largest absolute Gasteiger partial charge is 0.460 e. The maximum atomic E-state index is 12.8. The topological polar surface area (TPSA) is 62.4 Å². The zero-order chi connectivity index (χ0) is 21.3. The number of hydrogen-bond donors (Lipinski definition) is 3. The van der Waals surface area contributed by atoms with E-state index in [9.17, 15) is 4.79 Å². The third-order valence-electron chi connectivity index (χ3n) is 5.23. The first-order valence-corrected chi connectivity index (χ1v) is 11.5. The van der Waals surface area contributed by atoms with Gasteiger partial charge in [-0.2, -0.15) is 11.3 Å². The molecule has 2 heterocycles. The van der Waals surface area contributed by atoms with Crippen molar-refractivity contribution in [1.82, 2.24) is 16.0 Å².